The molecule has 0 heterocycles. The van der Waals surface area contributed by atoms with Crippen molar-refractivity contribution in [3.63, 3.8) is 0 Å². The first-order valence-corrected chi connectivity index (χ1v) is 4.73. The van der Waals surface area contributed by atoms with E-state index in [1.807, 2.05) is 0 Å². The largest absolute Gasteiger partial charge is 0.481 e. The number of ketones is 1. The Kier molecular flexibility index (Phi) is 3.88. The van der Waals surface area contributed by atoms with Crippen molar-refractivity contribution in [1.29, 1.82) is 0 Å². The molecular weight excluding hydrogens is 237 g/mol. The number of halogens is 3. The molecule has 1 atom stereocenters. The van der Waals surface area contributed by atoms with Gasteiger partial charge >= 0.3 is 5.97 Å². The smallest absolute Gasteiger partial charge is 0.304 e. The minimum atomic E-state index is -1.66. The van der Waals surface area contributed by atoms with Crippen molar-refractivity contribution in [3.8, 4) is 0 Å². The summed E-state index contributed by atoms with van der Waals surface area (Å²) in [5.74, 6) is -7.49. The molecule has 0 fully saturated rings. The summed E-state index contributed by atoms with van der Waals surface area (Å²) in [6.45, 7) is 1.32. The quantitative estimate of drug-likeness (QED) is 0.655. The molecule has 1 aromatic rings. The molecule has 0 spiro atoms. The molecule has 0 amide bonds. The molecular formula is C11H9F3O3. The van der Waals surface area contributed by atoms with Gasteiger partial charge < -0.3 is 5.11 Å². The third-order valence-corrected chi connectivity index (χ3v) is 2.20. The maximum absolute atomic E-state index is 12.8. The van der Waals surface area contributed by atoms with Crippen LogP contribution in [-0.4, -0.2) is 16.9 Å². The summed E-state index contributed by atoms with van der Waals surface area (Å²) >= 11 is 0. The van der Waals surface area contributed by atoms with E-state index in [0.29, 0.717) is 12.1 Å². The van der Waals surface area contributed by atoms with Gasteiger partial charge in [0.1, 0.15) is 0 Å². The van der Waals surface area contributed by atoms with E-state index < -0.39 is 41.5 Å². The second-order valence-electron chi connectivity index (χ2n) is 3.62. The Balaban J connectivity index is 3.01. The molecule has 1 rings (SSSR count). The predicted molar refractivity (Wildman–Crippen MR) is 52.1 cm³/mol. The zero-order chi connectivity index (χ0) is 13.2. The number of benzene rings is 1. The van der Waals surface area contributed by atoms with E-state index in [1.54, 1.807) is 0 Å². The first-order chi connectivity index (χ1) is 7.82. The Morgan fingerprint density at radius 1 is 1.24 bits per heavy atom. The van der Waals surface area contributed by atoms with Crippen molar-refractivity contribution >= 4 is 11.8 Å². The molecule has 6 heteroatoms. The highest BCUT2D eigenvalue weighted by Gasteiger charge is 2.21. The number of carbonyl (C=O) groups is 2. The van der Waals surface area contributed by atoms with Gasteiger partial charge in [-0.2, -0.15) is 0 Å². The van der Waals surface area contributed by atoms with Gasteiger partial charge in [0, 0.05) is 11.5 Å². The van der Waals surface area contributed by atoms with Crippen LogP contribution in [0.3, 0.4) is 0 Å². The zero-order valence-electron chi connectivity index (χ0n) is 8.84. The fourth-order valence-electron chi connectivity index (χ4n) is 1.34. The van der Waals surface area contributed by atoms with Crippen LogP contribution < -0.4 is 0 Å². The van der Waals surface area contributed by atoms with Crippen molar-refractivity contribution in [2.24, 2.45) is 5.92 Å². The van der Waals surface area contributed by atoms with Gasteiger partial charge in [-0.1, -0.05) is 6.92 Å². The van der Waals surface area contributed by atoms with Crippen molar-refractivity contribution in [1.82, 2.24) is 0 Å². The number of carboxylic acid groups (broad SMARTS) is 1. The Hall–Kier alpha value is -1.85. The Morgan fingerprint density at radius 2 is 1.71 bits per heavy atom. The average molecular weight is 246 g/mol. The van der Waals surface area contributed by atoms with Gasteiger partial charge in [-0.05, 0) is 12.1 Å². The molecule has 0 aliphatic rings. The van der Waals surface area contributed by atoms with Gasteiger partial charge in [-0.25, -0.2) is 13.2 Å². The van der Waals surface area contributed by atoms with Crippen LogP contribution >= 0.6 is 0 Å². The maximum Gasteiger partial charge on any atom is 0.304 e. The van der Waals surface area contributed by atoms with E-state index in [2.05, 4.69) is 0 Å². The van der Waals surface area contributed by atoms with Crippen molar-refractivity contribution < 1.29 is 27.9 Å². The van der Waals surface area contributed by atoms with Crippen molar-refractivity contribution in [3.05, 3.63) is 35.1 Å². The van der Waals surface area contributed by atoms with Crippen LogP contribution in [-0.2, 0) is 4.79 Å². The molecule has 92 valence electrons. The van der Waals surface area contributed by atoms with Gasteiger partial charge in [-0.3, -0.25) is 9.59 Å². The second kappa shape index (κ2) is 4.99. The molecule has 1 N–H and O–H groups in total. The predicted octanol–water partition coefficient (Wildman–Crippen LogP) is 2.40. The lowest BCUT2D eigenvalue weighted by atomic mass is 9.96. The normalized spacial score (nSPS) is 12.2. The zero-order valence-corrected chi connectivity index (χ0v) is 8.84. The molecule has 17 heavy (non-hydrogen) atoms. The Bertz CT molecular complexity index is 448. The second-order valence-corrected chi connectivity index (χ2v) is 3.62. The highest BCUT2D eigenvalue weighted by atomic mass is 19.2. The Morgan fingerprint density at radius 3 is 2.12 bits per heavy atom. The van der Waals surface area contributed by atoms with E-state index >= 15 is 0 Å². The van der Waals surface area contributed by atoms with Gasteiger partial charge in [0.05, 0.1) is 6.42 Å². The summed E-state index contributed by atoms with van der Waals surface area (Å²) in [6, 6.07) is 1.11. The van der Waals surface area contributed by atoms with Crippen LogP contribution in [0.4, 0.5) is 13.2 Å². The molecule has 0 saturated carbocycles. The summed E-state index contributed by atoms with van der Waals surface area (Å²) in [7, 11) is 0. The molecule has 0 aromatic heterocycles. The highest BCUT2D eigenvalue weighted by Crippen LogP contribution is 2.18. The van der Waals surface area contributed by atoms with E-state index in [-0.39, 0.29) is 5.56 Å². The summed E-state index contributed by atoms with van der Waals surface area (Å²) in [4.78, 5) is 21.9. The van der Waals surface area contributed by atoms with Crippen molar-refractivity contribution in [2.45, 2.75) is 13.3 Å². The van der Waals surface area contributed by atoms with E-state index in [4.69, 9.17) is 5.11 Å². The molecule has 3 nitrogen and oxygen atoms in total. The lowest BCUT2D eigenvalue weighted by Crippen LogP contribution is -2.16. The minimum absolute atomic E-state index is 0.379. The number of hydrogen-bond acceptors (Lipinski definition) is 2. The van der Waals surface area contributed by atoms with E-state index in [9.17, 15) is 22.8 Å². The monoisotopic (exact) mass is 246 g/mol. The number of hydrogen-bond donors (Lipinski definition) is 1. The topological polar surface area (TPSA) is 54.4 Å². The maximum atomic E-state index is 12.8. The third kappa shape index (κ3) is 3.05. The molecule has 0 bridgehead atoms. The van der Waals surface area contributed by atoms with Crippen LogP contribution in [0, 0.1) is 23.4 Å². The molecule has 0 aliphatic heterocycles. The number of aliphatic carboxylic acids is 1. The summed E-state index contributed by atoms with van der Waals surface area (Å²) in [5, 5.41) is 8.47. The van der Waals surface area contributed by atoms with E-state index in [0.717, 1.165) is 0 Å². The molecule has 1 unspecified atom stereocenters. The highest BCUT2D eigenvalue weighted by molar-refractivity contribution is 5.99. The van der Waals surface area contributed by atoms with Crippen LogP contribution in [0.1, 0.15) is 23.7 Å². The van der Waals surface area contributed by atoms with Gasteiger partial charge in [0.25, 0.3) is 0 Å². The summed E-state index contributed by atoms with van der Waals surface area (Å²) < 4.78 is 38.3. The van der Waals surface area contributed by atoms with Crippen LogP contribution in [0.25, 0.3) is 0 Å². The molecule has 0 radical (unpaired) electrons. The molecule has 0 saturated heterocycles. The minimum Gasteiger partial charge on any atom is -0.481 e. The van der Waals surface area contributed by atoms with Gasteiger partial charge in [0.15, 0.2) is 23.2 Å². The van der Waals surface area contributed by atoms with Gasteiger partial charge in [0.2, 0.25) is 0 Å². The lowest BCUT2D eigenvalue weighted by molar-refractivity contribution is -0.137. The van der Waals surface area contributed by atoms with Crippen LogP contribution in [0.15, 0.2) is 12.1 Å². The first kappa shape index (κ1) is 13.2. The summed E-state index contributed by atoms with van der Waals surface area (Å²) in [6.07, 6.45) is -0.459. The Labute approximate surface area is 94.9 Å². The summed E-state index contributed by atoms with van der Waals surface area (Å²) in [5.41, 5.74) is -0.379. The lowest BCUT2D eigenvalue weighted by Gasteiger charge is -2.08. The number of carboxylic acids is 1. The average Bonchev–Trinajstić information content (AvgIpc) is 2.23. The van der Waals surface area contributed by atoms with Crippen LogP contribution in [0.5, 0.6) is 0 Å². The van der Waals surface area contributed by atoms with Crippen molar-refractivity contribution in [2.75, 3.05) is 0 Å². The molecule has 0 aliphatic carbocycles. The third-order valence-electron chi connectivity index (χ3n) is 2.20. The first-order valence-electron chi connectivity index (χ1n) is 4.73. The molecule has 1 aromatic carbocycles. The van der Waals surface area contributed by atoms with Gasteiger partial charge in [-0.15, -0.1) is 0 Å². The number of rotatable bonds is 4. The fraction of sp³-hybridized carbons (Fsp3) is 0.273. The SMILES string of the molecule is CC(CC(=O)O)C(=O)c1cc(F)c(F)c(F)c1. The standard InChI is InChI=1S/C11H9F3O3/c1-5(2-9(15)16)11(17)6-3-7(12)10(14)8(13)4-6/h3-5H,2H2,1H3,(H,15,16). The number of carbonyl (C=O) groups excluding carboxylic acids is 1. The van der Waals surface area contributed by atoms with Crippen LogP contribution in [0.2, 0.25) is 0 Å². The number of Topliss-reactive ketones (excluding diaryl/α,β-unsaturated/α-hetero) is 1. The fourth-order valence-corrected chi connectivity index (χ4v) is 1.34. The van der Waals surface area contributed by atoms with E-state index in [1.165, 1.54) is 6.92 Å².